The average molecular weight is 351 g/mol. The van der Waals surface area contributed by atoms with Crippen molar-refractivity contribution >= 4 is 29.0 Å². The van der Waals surface area contributed by atoms with Gasteiger partial charge in [0.25, 0.3) is 12.3 Å². The van der Waals surface area contributed by atoms with Gasteiger partial charge in [0.1, 0.15) is 17.1 Å². The number of nitrogens with zero attached hydrogens (tertiary/aromatic N) is 2. The van der Waals surface area contributed by atoms with Crippen molar-refractivity contribution in [3.8, 4) is 0 Å². The van der Waals surface area contributed by atoms with E-state index in [9.17, 15) is 13.6 Å². The van der Waals surface area contributed by atoms with Crippen LogP contribution in [-0.4, -0.2) is 22.1 Å². The van der Waals surface area contributed by atoms with E-state index >= 15 is 0 Å². The Morgan fingerprint density at radius 3 is 2.88 bits per heavy atom. The number of hydrogen-bond acceptors (Lipinski definition) is 3. The first-order chi connectivity index (χ1) is 11.5. The Morgan fingerprint density at radius 2 is 2.17 bits per heavy atom. The standard InChI is InChI=1S/C16H13ClF2N4O/c1-9-6-13(14(18)19)23-15(22-9)11(8-21-23)16(24)20-7-10-4-2-3-5-12(10)17/h2-6,8,14,22H,1,7H2,(H,20,24). The number of rotatable bonds is 4. The lowest BCUT2D eigenvalue weighted by Gasteiger charge is -2.19. The molecule has 1 aliphatic heterocycles. The van der Waals surface area contributed by atoms with E-state index in [4.69, 9.17) is 11.6 Å². The van der Waals surface area contributed by atoms with Crippen LogP contribution in [0.5, 0.6) is 0 Å². The number of amides is 1. The van der Waals surface area contributed by atoms with Crippen LogP contribution in [0.1, 0.15) is 15.9 Å². The van der Waals surface area contributed by atoms with Crippen LogP contribution < -0.4 is 10.6 Å². The molecule has 0 atom stereocenters. The third-order valence-corrected chi connectivity index (χ3v) is 3.85. The van der Waals surface area contributed by atoms with Crippen LogP contribution in [0.2, 0.25) is 5.02 Å². The first kappa shape index (κ1) is 16.2. The predicted molar refractivity (Wildman–Crippen MR) is 87.9 cm³/mol. The molecule has 1 aromatic heterocycles. The lowest BCUT2D eigenvalue weighted by atomic mass is 10.2. The number of carbonyl (C=O) groups is 1. The largest absolute Gasteiger partial charge is 0.348 e. The molecule has 0 radical (unpaired) electrons. The summed E-state index contributed by atoms with van der Waals surface area (Å²) >= 11 is 6.04. The van der Waals surface area contributed by atoms with Crippen LogP contribution in [0.4, 0.5) is 14.6 Å². The second kappa shape index (κ2) is 6.45. The van der Waals surface area contributed by atoms with E-state index < -0.39 is 12.3 Å². The molecular weight excluding hydrogens is 338 g/mol. The van der Waals surface area contributed by atoms with Gasteiger partial charge in [-0.15, -0.1) is 0 Å². The van der Waals surface area contributed by atoms with Gasteiger partial charge in [0, 0.05) is 17.3 Å². The fraction of sp³-hybridized carbons (Fsp3) is 0.125. The van der Waals surface area contributed by atoms with Crippen molar-refractivity contribution in [3.63, 3.8) is 0 Å². The number of halogens is 3. The van der Waals surface area contributed by atoms with Gasteiger partial charge in [-0.1, -0.05) is 36.4 Å². The number of hydrogen-bond donors (Lipinski definition) is 2. The number of benzene rings is 1. The Labute approximate surface area is 141 Å². The monoisotopic (exact) mass is 350 g/mol. The molecule has 0 fully saturated rings. The van der Waals surface area contributed by atoms with E-state index in [0.717, 1.165) is 10.2 Å². The van der Waals surface area contributed by atoms with Gasteiger partial charge in [-0.2, -0.15) is 5.10 Å². The predicted octanol–water partition coefficient (Wildman–Crippen LogP) is 3.51. The molecule has 2 heterocycles. The van der Waals surface area contributed by atoms with Gasteiger partial charge in [-0.25, -0.2) is 13.5 Å². The topological polar surface area (TPSA) is 59.0 Å². The first-order valence-corrected chi connectivity index (χ1v) is 7.41. The van der Waals surface area contributed by atoms with Crippen LogP contribution in [0.3, 0.4) is 0 Å². The van der Waals surface area contributed by atoms with Crippen LogP contribution >= 0.6 is 11.6 Å². The van der Waals surface area contributed by atoms with E-state index in [1.54, 1.807) is 24.3 Å². The first-order valence-electron chi connectivity index (χ1n) is 7.03. The lowest BCUT2D eigenvalue weighted by Crippen LogP contribution is -2.25. The summed E-state index contributed by atoms with van der Waals surface area (Å²) in [5, 5.41) is 9.89. The number of carbonyl (C=O) groups excluding carboxylic acids is 1. The second-order valence-electron chi connectivity index (χ2n) is 5.11. The maximum absolute atomic E-state index is 13.1. The van der Waals surface area contributed by atoms with E-state index in [0.29, 0.717) is 5.02 Å². The Kier molecular flexibility index (Phi) is 4.35. The molecule has 1 amide bonds. The molecule has 0 saturated heterocycles. The van der Waals surface area contributed by atoms with Crippen molar-refractivity contribution in [2.24, 2.45) is 0 Å². The molecule has 124 valence electrons. The average Bonchev–Trinajstić information content (AvgIpc) is 2.96. The van der Waals surface area contributed by atoms with Crippen molar-refractivity contribution < 1.29 is 13.6 Å². The van der Waals surface area contributed by atoms with Crippen LogP contribution in [0.25, 0.3) is 5.70 Å². The zero-order valence-corrected chi connectivity index (χ0v) is 13.1. The highest BCUT2D eigenvalue weighted by atomic mass is 35.5. The second-order valence-corrected chi connectivity index (χ2v) is 5.52. The fourth-order valence-electron chi connectivity index (χ4n) is 2.33. The van der Waals surface area contributed by atoms with Gasteiger partial charge in [0.15, 0.2) is 0 Å². The smallest absolute Gasteiger partial charge is 0.280 e. The molecule has 0 spiro atoms. The summed E-state index contributed by atoms with van der Waals surface area (Å²) in [5.74, 6) is -0.290. The molecule has 2 aromatic rings. The highest BCUT2D eigenvalue weighted by molar-refractivity contribution is 6.31. The number of fused-ring (bicyclic) bond motifs is 1. The molecule has 3 rings (SSSR count). The SMILES string of the molecule is C=C1C=C(C(F)F)n2ncc(C(=O)NCc3ccccc3Cl)c2N1. The third kappa shape index (κ3) is 3.03. The maximum atomic E-state index is 13.1. The molecule has 1 aliphatic rings. The number of allylic oxidation sites excluding steroid dienone is 2. The van der Waals surface area contributed by atoms with Gasteiger partial charge in [0.2, 0.25) is 0 Å². The van der Waals surface area contributed by atoms with Crippen molar-refractivity contribution in [1.82, 2.24) is 15.1 Å². The highest BCUT2D eigenvalue weighted by Crippen LogP contribution is 2.29. The molecule has 8 heteroatoms. The zero-order chi connectivity index (χ0) is 17.3. The Bertz CT molecular complexity index is 844. The third-order valence-electron chi connectivity index (χ3n) is 3.48. The van der Waals surface area contributed by atoms with E-state index in [1.807, 2.05) is 0 Å². The molecule has 0 bridgehead atoms. The highest BCUT2D eigenvalue weighted by Gasteiger charge is 2.26. The molecular formula is C16H13ClF2N4O. The van der Waals surface area contributed by atoms with Gasteiger partial charge in [-0.3, -0.25) is 4.79 Å². The Hall–Kier alpha value is -2.67. The van der Waals surface area contributed by atoms with E-state index in [-0.39, 0.29) is 29.3 Å². The van der Waals surface area contributed by atoms with Crippen molar-refractivity contribution in [1.29, 1.82) is 0 Å². The molecule has 5 nitrogen and oxygen atoms in total. The Morgan fingerprint density at radius 1 is 1.42 bits per heavy atom. The Balaban J connectivity index is 1.82. The summed E-state index contributed by atoms with van der Waals surface area (Å²) in [5.41, 5.74) is 0.825. The normalized spacial score (nSPS) is 13.3. The lowest BCUT2D eigenvalue weighted by molar-refractivity contribution is 0.0951. The minimum atomic E-state index is -2.73. The molecule has 0 aliphatic carbocycles. The van der Waals surface area contributed by atoms with E-state index in [2.05, 4.69) is 22.3 Å². The van der Waals surface area contributed by atoms with Gasteiger partial charge >= 0.3 is 0 Å². The summed E-state index contributed by atoms with van der Waals surface area (Å²) in [6.45, 7) is 3.83. The minimum Gasteiger partial charge on any atom is -0.348 e. The number of anilines is 1. The van der Waals surface area contributed by atoms with Gasteiger partial charge in [-0.05, 0) is 17.7 Å². The van der Waals surface area contributed by atoms with E-state index in [1.165, 1.54) is 12.3 Å². The zero-order valence-electron chi connectivity index (χ0n) is 12.4. The van der Waals surface area contributed by atoms with Gasteiger partial charge in [0.05, 0.1) is 6.20 Å². The summed E-state index contributed by atoms with van der Waals surface area (Å²) in [4.78, 5) is 12.4. The minimum absolute atomic E-state index is 0.148. The molecule has 0 saturated carbocycles. The summed E-state index contributed by atoms with van der Waals surface area (Å²) in [6.07, 6.45) is -0.309. The molecule has 24 heavy (non-hydrogen) atoms. The van der Waals surface area contributed by atoms with Crippen molar-refractivity contribution in [2.45, 2.75) is 13.0 Å². The molecule has 0 unspecified atom stereocenters. The molecule has 2 N–H and O–H groups in total. The molecule has 1 aromatic carbocycles. The fourth-order valence-corrected chi connectivity index (χ4v) is 2.53. The van der Waals surface area contributed by atoms with Crippen molar-refractivity contribution in [3.05, 3.63) is 65.0 Å². The number of alkyl halides is 2. The number of nitrogens with one attached hydrogen (secondary N) is 2. The maximum Gasteiger partial charge on any atom is 0.280 e. The summed E-state index contributed by atoms with van der Waals surface area (Å²) < 4.78 is 27.2. The summed E-state index contributed by atoms with van der Waals surface area (Å²) in [6, 6.07) is 7.10. The van der Waals surface area contributed by atoms with Gasteiger partial charge < -0.3 is 10.6 Å². The quantitative estimate of drug-likeness (QED) is 0.887. The van der Waals surface area contributed by atoms with Crippen LogP contribution in [0.15, 0.2) is 48.8 Å². The van der Waals surface area contributed by atoms with Crippen molar-refractivity contribution in [2.75, 3.05) is 5.32 Å². The number of aromatic nitrogens is 2. The summed E-state index contributed by atoms with van der Waals surface area (Å²) in [7, 11) is 0. The van der Waals surface area contributed by atoms with Crippen LogP contribution in [-0.2, 0) is 6.54 Å². The van der Waals surface area contributed by atoms with Crippen LogP contribution in [0, 0.1) is 0 Å².